The fraction of sp³-hybridized carbons (Fsp3) is 0.429. The molecule has 1 aliphatic heterocycles. The van der Waals surface area contributed by atoms with Crippen LogP contribution in [0.3, 0.4) is 0 Å². The first-order valence-electron chi connectivity index (χ1n) is 9.70. The highest BCUT2D eigenvalue weighted by Gasteiger charge is 2.13. The summed E-state index contributed by atoms with van der Waals surface area (Å²) in [5.74, 6) is 3.04. The number of aliphatic imine (C=N–C) groups is 1. The van der Waals surface area contributed by atoms with Crippen LogP contribution in [0, 0.1) is 0 Å². The van der Waals surface area contributed by atoms with Crippen LogP contribution in [0.5, 0.6) is 17.4 Å². The van der Waals surface area contributed by atoms with Crippen LogP contribution in [0.2, 0.25) is 0 Å². The van der Waals surface area contributed by atoms with Gasteiger partial charge in [-0.15, -0.1) is 0 Å². The van der Waals surface area contributed by atoms with Gasteiger partial charge in [0.1, 0.15) is 0 Å². The van der Waals surface area contributed by atoms with Crippen LogP contribution in [0.25, 0.3) is 0 Å². The molecule has 0 unspecified atom stereocenters. The lowest BCUT2D eigenvalue weighted by Gasteiger charge is -2.14. The monoisotopic (exact) mass is 384 g/mol. The Morgan fingerprint density at radius 3 is 2.96 bits per heavy atom. The van der Waals surface area contributed by atoms with Crippen LogP contribution in [0.4, 0.5) is 0 Å². The number of hydrogen-bond donors (Lipinski definition) is 2. The van der Waals surface area contributed by atoms with Crippen molar-refractivity contribution in [2.24, 2.45) is 4.99 Å². The zero-order valence-electron chi connectivity index (χ0n) is 16.5. The molecule has 28 heavy (non-hydrogen) atoms. The molecular weight excluding hydrogens is 356 g/mol. The Bertz CT molecular complexity index is 795. The van der Waals surface area contributed by atoms with Gasteiger partial charge in [0.15, 0.2) is 17.5 Å². The molecule has 0 aliphatic carbocycles. The maximum Gasteiger partial charge on any atom is 0.231 e. The fourth-order valence-electron chi connectivity index (χ4n) is 2.82. The quantitative estimate of drug-likeness (QED) is 0.393. The van der Waals surface area contributed by atoms with E-state index in [9.17, 15) is 0 Å². The van der Waals surface area contributed by atoms with Gasteiger partial charge in [-0.25, -0.2) is 4.98 Å². The molecule has 0 radical (unpaired) electrons. The van der Waals surface area contributed by atoms with Crippen molar-refractivity contribution in [3.05, 3.63) is 47.7 Å². The molecule has 0 atom stereocenters. The maximum absolute atomic E-state index is 5.79. The van der Waals surface area contributed by atoms with Gasteiger partial charge in [0.05, 0.1) is 6.61 Å². The Morgan fingerprint density at radius 2 is 2.11 bits per heavy atom. The second-order valence-electron chi connectivity index (χ2n) is 6.46. The predicted molar refractivity (Wildman–Crippen MR) is 109 cm³/mol. The van der Waals surface area contributed by atoms with Gasteiger partial charge in [-0.05, 0) is 36.6 Å². The van der Waals surface area contributed by atoms with Crippen LogP contribution >= 0.6 is 0 Å². The van der Waals surface area contributed by atoms with Gasteiger partial charge in [0, 0.05) is 31.9 Å². The summed E-state index contributed by atoms with van der Waals surface area (Å²) in [6.45, 7) is 4.48. The minimum atomic E-state index is 0.298. The lowest BCUT2D eigenvalue weighted by molar-refractivity contribution is 0.174. The van der Waals surface area contributed by atoms with E-state index in [1.807, 2.05) is 24.3 Å². The summed E-state index contributed by atoms with van der Waals surface area (Å²) in [7, 11) is 1.76. The molecule has 150 valence electrons. The summed E-state index contributed by atoms with van der Waals surface area (Å²) >= 11 is 0. The van der Waals surface area contributed by atoms with Crippen LogP contribution in [-0.4, -0.2) is 37.9 Å². The molecule has 0 saturated carbocycles. The Hall–Kier alpha value is -2.96. The molecule has 1 aliphatic rings. The number of nitrogens with zero attached hydrogens (tertiary/aromatic N) is 2. The third kappa shape index (κ3) is 5.52. The van der Waals surface area contributed by atoms with Gasteiger partial charge in [0.25, 0.3) is 0 Å². The third-order valence-corrected chi connectivity index (χ3v) is 4.40. The molecule has 2 N–H and O–H groups in total. The lowest BCUT2D eigenvalue weighted by atomic mass is 10.1. The van der Waals surface area contributed by atoms with Gasteiger partial charge in [0.2, 0.25) is 12.7 Å². The highest BCUT2D eigenvalue weighted by Crippen LogP contribution is 2.32. The second kappa shape index (κ2) is 10.4. The van der Waals surface area contributed by atoms with E-state index in [0.29, 0.717) is 25.8 Å². The third-order valence-electron chi connectivity index (χ3n) is 4.40. The predicted octanol–water partition coefficient (Wildman–Crippen LogP) is 2.90. The van der Waals surface area contributed by atoms with Gasteiger partial charge < -0.3 is 24.8 Å². The van der Waals surface area contributed by atoms with E-state index in [-0.39, 0.29) is 0 Å². The largest absolute Gasteiger partial charge is 0.477 e. The number of aromatic nitrogens is 1. The number of benzene rings is 1. The Kier molecular flexibility index (Phi) is 7.35. The fourth-order valence-corrected chi connectivity index (χ4v) is 2.82. The van der Waals surface area contributed by atoms with E-state index in [0.717, 1.165) is 48.8 Å². The number of unbranched alkanes of at least 4 members (excludes halogenated alkanes) is 1. The van der Waals surface area contributed by atoms with Crippen LogP contribution in [0.1, 0.15) is 30.9 Å². The summed E-state index contributed by atoms with van der Waals surface area (Å²) in [4.78, 5) is 8.63. The highest BCUT2D eigenvalue weighted by atomic mass is 16.7. The summed E-state index contributed by atoms with van der Waals surface area (Å²) in [5, 5.41) is 6.65. The molecule has 7 heteroatoms. The smallest absolute Gasteiger partial charge is 0.231 e. The van der Waals surface area contributed by atoms with E-state index in [1.54, 1.807) is 13.2 Å². The van der Waals surface area contributed by atoms with E-state index >= 15 is 0 Å². The van der Waals surface area contributed by atoms with Crippen molar-refractivity contribution in [3.8, 4) is 17.4 Å². The average molecular weight is 384 g/mol. The van der Waals surface area contributed by atoms with E-state index in [4.69, 9.17) is 14.2 Å². The number of fused-ring (bicyclic) bond motifs is 1. The van der Waals surface area contributed by atoms with Crippen molar-refractivity contribution in [1.29, 1.82) is 0 Å². The van der Waals surface area contributed by atoms with E-state index in [2.05, 4.69) is 33.6 Å². The van der Waals surface area contributed by atoms with E-state index < -0.39 is 0 Å². The standard InChI is InChI=1S/C21H28N4O3/c1-3-4-12-26-20-17(6-5-10-23-20)14-25-21(22-2)24-11-9-16-7-8-18-19(13-16)28-15-27-18/h5-8,10,13H,3-4,9,11-12,14-15H2,1-2H3,(H2,22,24,25). The minimum Gasteiger partial charge on any atom is -0.477 e. The number of rotatable bonds is 9. The van der Waals surface area contributed by atoms with E-state index in [1.165, 1.54) is 5.56 Å². The SMILES string of the molecule is CCCCOc1ncccc1CNC(=NC)NCCc1ccc2c(c1)OCO2. The molecule has 1 aromatic carbocycles. The van der Waals surface area contributed by atoms with Crippen LogP contribution < -0.4 is 24.8 Å². The maximum atomic E-state index is 5.79. The van der Waals surface area contributed by atoms with Crippen molar-refractivity contribution in [2.45, 2.75) is 32.7 Å². The van der Waals surface area contributed by atoms with Crippen LogP contribution in [0.15, 0.2) is 41.5 Å². The van der Waals surface area contributed by atoms with Crippen LogP contribution in [-0.2, 0) is 13.0 Å². The zero-order chi connectivity index (χ0) is 19.6. The normalized spacial score (nSPS) is 12.7. The van der Waals surface area contributed by atoms with Gasteiger partial charge >= 0.3 is 0 Å². The molecule has 2 aromatic rings. The first-order chi connectivity index (χ1) is 13.8. The molecule has 0 spiro atoms. The molecule has 2 heterocycles. The zero-order valence-corrected chi connectivity index (χ0v) is 16.5. The number of hydrogen-bond acceptors (Lipinski definition) is 5. The molecular formula is C21H28N4O3. The summed E-state index contributed by atoms with van der Waals surface area (Å²) < 4.78 is 16.6. The molecule has 0 amide bonds. The van der Waals surface area contributed by atoms with Crippen molar-refractivity contribution in [1.82, 2.24) is 15.6 Å². The van der Waals surface area contributed by atoms with Crippen molar-refractivity contribution in [3.63, 3.8) is 0 Å². The molecule has 0 fully saturated rings. The van der Waals surface area contributed by atoms with Gasteiger partial charge in [-0.1, -0.05) is 25.5 Å². The van der Waals surface area contributed by atoms with Crippen molar-refractivity contribution < 1.29 is 14.2 Å². The summed E-state index contributed by atoms with van der Waals surface area (Å²) in [6, 6.07) is 9.96. The Labute approximate surface area is 166 Å². The van der Waals surface area contributed by atoms with Crippen molar-refractivity contribution in [2.75, 3.05) is 27.0 Å². The Morgan fingerprint density at radius 1 is 1.21 bits per heavy atom. The second-order valence-corrected chi connectivity index (χ2v) is 6.46. The Balaban J connectivity index is 1.46. The van der Waals surface area contributed by atoms with Gasteiger partial charge in [-0.3, -0.25) is 4.99 Å². The summed E-state index contributed by atoms with van der Waals surface area (Å²) in [6.07, 6.45) is 4.73. The summed E-state index contributed by atoms with van der Waals surface area (Å²) in [5.41, 5.74) is 2.20. The highest BCUT2D eigenvalue weighted by molar-refractivity contribution is 5.79. The first kappa shape index (κ1) is 19.8. The molecule has 3 rings (SSSR count). The number of pyridine rings is 1. The molecule has 0 bridgehead atoms. The molecule has 7 nitrogen and oxygen atoms in total. The number of ether oxygens (including phenoxy) is 3. The number of guanidine groups is 1. The minimum absolute atomic E-state index is 0.298. The van der Waals surface area contributed by atoms with Gasteiger partial charge in [-0.2, -0.15) is 0 Å². The topological polar surface area (TPSA) is 77.0 Å². The van der Waals surface area contributed by atoms with Crippen molar-refractivity contribution >= 4 is 5.96 Å². The average Bonchev–Trinajstić information content (AvgIpc) is 3.19. The lowest BCUT2D eigenvalue weighted by Crippen LogP contribution is -2.38. The first-order valence-corrected chi connectivity index (χ1v) is 9.70. The molecule has 0 saturated heterocycles. The number of nitrogens with one attached hydrogen (secondary N) is 2. The molecule has 1 aromatic heterocycles.